The van der Waals surface area contributed by atoms with E-state index >= 15 is 0 Å². The minimum absolute atomic E-state index is 0.708. The molecule has 2 heteroatoms. The first-order chi connectivity index (χ1) is 11.7. The molecule has 2 aromatic heterocycles. The van der Waals surface area contributed by atoms with Crippen molar-refractivity contribution in [3.8, 4) is 0 Å². The Kier molecular flexibility index (Phi) is 5.69. The van der Waals surface area contributed by atoms with Gasteiger partial charge in [0.2, 0.25) is 0 Å². The van der Waals surface area contributed by atoms with Gasteiger partial charge in [-0.25, -0.2) is 0 Å². The van der Waals surface area contributed by atoms with E-state index in [0.29, 0.717) is 11.2 Å². The Morgan fingerprint density at radius 1 is 1.08 bits per heavy atom. The molecule has 0 atom stereocenters. The molecule has 0 saturated heterocycles. The Bertz CT molecular complexity index is 924. The Balaban J connectivity index is 2.95. The van der Waals surface area contributed by atoms with Crippen molar-refractivity contribution in [1.29, 1.82) is 0 Å². The molecule has 0 radical (unpaired) electrons. The van der Waals surface area contributed by atoms with Gasteiger partial charge >= 0.3 is 0 Å². The van der Waals surface area contributed by atoms with Gasteiger partial charge in [0.25, 0.3) is 0 Å². The standard InChI is InChI=1S/C22H21NO/c1-6-12-18-17(9-4)22(24-20(18)13-7-2)21(16(5)8-3)19-14-10-11-15-23-19/h6-15H,1-4H2,5H3/b18-12-,20-13+,21-16-. The van der Waals surface area contributed by atoms with Crippen molar-refractivity contribution >= 4 is 23.8 Å². The van der Waals surface area contributed by atoms with E-state index in [9.17, 15) is 0 Å². The van der Waals surface area contributed by atoms with Crippen LogP contribution < -0.4 is 10.6 Å². The minimum Gasteiger partial charge on any atom is -0.455 e. The van der Waals surface area contributed by atoms with Crippen molar-refractivity contribution in [1.82, 2.24) is 4.98 Å². The van der Waals surface area contributed by atoms with Crippen LogP contribution in [0.5, 0.6) is 0 Å². The second-order valence-corrected chi connectivity index (χ2v) is 5.11. The van der Waals surface area contributed by atoms with E-state index in [4.69, 9.17) is 4.42 Å². The highest BCUT2D eigenvalue weighted by Crippen LogP contribution is 2.27. The fourth-order valence-electron chi connectivity index (χ4n) is 2.49. The summed E-state index contributed by atoms with van der Waals surface area (Å²) in [6.45, 7) is 17.4. The fourth-order valence-corrected chi connectivity index (χ4v) is 2.49. The second kappa shape index (κ2) is 7.93. The summed E-state index contributed by atoms with van der Waals surface area (Å²) in [5, 5.41) is 0.917. The lowest BCUT2D eigenvalue weighted by Gasteiger charge is -2.08. The predicted molar refractivity (Wildman–Crippen MR) is 104 cm³/mol. The van der Waals surface area contributed by atoms with E-state index in [1.165, 1.54) is 0 Å². The van der Waals surface area contributed by atoms with Crippen molar-refractivity contribution in [2.24, 2.45) is 0 Å². The van der Waals surface area contributed by atoms with Gasteiger partial charge < -0.3 is 4.42 Å². The number of hydrogen-bond acceptors (Lipinski definition) is 2. The molecule has 2 rings (SSSR count). The zero-order valence-corrected chi connectivity index (χ0v) is 14.0. The van der Waals surface area contributed by atoms with Crippen molar-refractivity contribution in [3.63, 3.8) is 0 Å². The quantitative estimate of drug-likeness (QED) is 0.745. The average Bonchev–Trinajstić information content (AvgIpc) is 2.94. The summed E-state index contributed by atoms with van der Waals surface area (Å²) in [7, 11) is 0. The molecular weight excluding hydrogens is 294 g/mol. The molecule has 2 aromatic rings. The Morgan fingerprint density at radius 2 is 1.83 bits per heavy atom. The smallest absolute Gasteiger partial charge is 0.145 e. The fraction of sp³-hybridized carbons (Fsp3) is 0.0455. The molecule has 120 valence electrons. The zero-order valence-electron chi connectivity index (χ0n) is 14.0. The maximum absolute atomic E-state index is 6.15. The molecule has 0 aliphatic rings. The van der Waals surface area contributed by atoms with Gasteiger partial charge in [0.15, 0.2) is 0 Å². The molecule has 2 nitrogen and oxygen atoms in total. The minimum atomic E-state index is 0.708. The monoisotopic (exact) mass is 315 g/mol. The van der Waals surface area contributed by atoms with Crippen LogP contribution in [0.15, 0.2) is 78.9 Å². The molecule has 0 aromatic carbocycles. The van der Waals surface area contributed by atoms with Crippen molar-refractivity contribution in [2.45, 2.75) is 6.92 Å². The first-order valence-electron chi connectivity index (χ1n) is 7.63. The van der Waals surface area contributed by atoms with Crippen LogP contribution >= 0.6 is 0 Å². The lowest BCUT2D eigenvalue weighted by molar-refractivity contribution is 0.518. The first-order valence-corrected chi connectivity index (χ1v) is 7.63. The van der Waals surface area contributed by atoms with E-state index in [-0.39, 0.29) is 0 Å². The third kappa shape index (κ3) is 3.28. The van der Waals surface area contributed by atoms with Crippen LogP contribution in [0, 0.1) is 0 Å². The lowest BCUT2D eigenvalue weighted by atomic mass is 9.99. The highest BCUT2D eigenvalue weighted by Gasteiger charge is 2.17. The van der Waals surface area contributed by atoms with Crippen LogP contribution in [0.2, 0.25) is 0 Å². The van der Waals surface area contributed by atoms with Gasteiger partial charge in [-0.3, -0.25) is 4.98 Å². The molecular formula is C22H21NO. The van der Waals surface area contributed by atoms with Crippen LogP contribution in [0.3, 0.4) is 0 Å². The number of aromatic nitrogens is 1. The number of nitrogens with zero attached hydrogens (tertiary/aromatic N) is 1. The number of allylic oxidation sites excluding steroid dienone is 4. The number of pyridine rings is 1. The van der Waals surface area contributed by atoms with Gasteiger partial charge in [-0.15, -0.1) is 0 Å². The van der Waals surface area contributed by atoms with Crippen LogP contribution in [-0.2, 0) is 0 Å². The van der Waals surface area contributed by atoms with Crippen LogP contribution in [0.1, 0.15) is 23.9 Å². The Hall–Kier alpha value is -3.13. The van der Waals surface area contributed by atoms with Crippen LogP contribution in [0.4, 0.5) is 0 Å². The molecule has 0 spiro atoms. The molecule has 0 aliphatic carbocycles. The molecule has 0 unspecified atom stereocenters. The molecule has 0 N–H and O–H groups in total. The van der Waals surface area contributed by atoms with Crippen LogP contribution in [-0.4, -0.2) is 4.98 Å². The summed E-state index contributed by atoms with van der Waals surface area (Å²) < 4.78 is 6.15. The normalized spacial score (nSPS) is 13.4. The average molecular weight is 315 g/mol. The summed E-state index contributed by atoms with van der Waals surface area (Å²) in [5.74, 6) is 0.710. The lowest BCUT2D eigenvalue weighted by Crippen LogP contribution is -2.20. The Labute approximate surface area is 142 Å². The topological polar surface area (TPSA) is 26.0 Å². The van der Waals surface area contributed by atoms with Gasteiger partial charge in [0.1, 0.15) is 11.2 Å². The largest absolute Gasteiger partial charge is 0.455 e. The molecule has 0 amide bonds. The third-order valence-corrected chi connectivity index (χ3v) is 3.62. The summed E-state index contributed by atoms with van der Waals surface area (Å²) in [4.78, 5) is 4.47. The maximum Gasteiger partial charge on any atom is 0.145 e. The predicted octanol–water partition coefficient (Wildman–Crippen LogP) is 4.26. The van der Waals surface area contributed by atoms with E-state index in [1.807, 2.05) is 37.3 Å². The van der Waals surface area contributed by atoms with Gasteiger partial charge in [-0.05, 0) is 30.7 Å². The summed E-state index contributed by atoms with van der Waals surface area (Å²) >= 11 is 0. The van der Waals surface area contributed by atoms with Gasteiger partial charge in [0.05, 0.1) is 5.69 Å². The maximum atomic E-state index is 6.15. The van der Waals surface area contributed by atoms with Crippen molar-refractivity contribution < 1.29 is 4.42 Å². The van der Waals surface area contributed by atoms with E-state index in [1.54, 1.807) is 30.5 Å². The third-order valence-electron chi connectivity index (χ3n) is 3.62. The van der Waals surface area contributed by atoms with E-state index < -0.39 is 0 Å². The summed E-state index contributed by atoms with van der Waals surface area (Å²) in [6.07, 6.45) is 12.5. The molecule has 24 heavy (non-hydrogen) atoms. The second-order valence-electron chi connectivity index (χ2n) is 5.11. The number of hydrogen-bond donors (Lipinski definition) is 0. The molecule has 2 heterocycles. The van der Waals surface area contributed by atoms with Gasteiger partial charge in [0, 0.05) is 22.6 Å². The molecule has 0 saturated carbocycles. The van der Waals surface area contributed by atoms with Gasteiger partial charge in [-0.1, -0.05) is 62.8 Å². The SMILES string of the molecule is C=C/C=c1/c(C=C)c(/C(=C(/C)C=C)c2ccccn2)o/c1=C/C=C. The molecule has 0 bridgehead atoms. The molecule has 0 aliphatic heterocycles. The van der Waals surface area contributed by atoms with Crippen molar-refractivity contribution in [3.05, 3.63) is 102 Å². The molecule has 0 fully saturated rings. The van der Waals surface area contributed by atoms with Gasteiger partial charge in [-0.2, -0.15) is 0 Å². The Morgan fingerprint density at radius 3 is 2.38 bits per heavy atom. The van der Waals surface area contributed by atoms with Crippen LogP contribution in [0.25, 0.3) is 23.8 Å². The number of furan rings is 1. The van der Waals surface area contributed by atoms with Crippen molar-refractivity contribution in [2.75, 3.05) is 0 Å². The summed E-state index contributed by atoms with van der Waals surface area (Å²) in [5.41, 5.74) is 4.29. The summed E-state index contributed by atoms with van der Waals surface area (Å²) in [6, 6.07) is 5.78. The highest BCUT2D eigenvalue weighted by atomic mass is 16.3. The highest BCUT2D eigenvalue weighted by molar-refractivity contribution is 5.83. The van der Waals surface area contributed by atoms with E-state index in [0.717, 1.165) is 27.6 Å². The van der Waals surface area contributed by atoms with E-state index in [2.05, 4.69) is 31.3 Å². The number of rotatable bonds is 6. The first kappa shape index (κ1) is 17.2. The zero-order chi connectivity index (χ0) is 17.5.